The van der Waals surface area contributed by atoms with Gasteiger partial charge in [-0.15, -0.1) is 0 Å². The van der Waals surface area contributed by atoms with Gasteiger partial charge in [-0.25, -0.2) is 4.98 Å². The van der Waals surface area contributed by atoms with Gasteiger partial charge in [-0.2, -0.15) is 0 Å². The smallest absolute Gasteiger partial charge is 0.169 e. The van der Waals surface area contributed by atoms with Crippen molar-refractivity contribution in [1.29, 1.82) is 0 Å². The highest BCUT2D eigenvalue weighted by atomic mass is 16.5. The summed E-state index contributed by atoms with van der Waals surface area (Å²) in [4.78, 5) is 4.35. The first kappa shape index (κ1) is 14.4. The van der Waals surface area contributed by atoms with Gasteiger partial charge in [0, 0.05) is 11.8 Å². The van der Waals surface area contributed by atoms with Crippen molar-refractivity contribution in [3.63, 3.8) is 0 Å². The lowest BCUT2D eigenvalue weighted by molar-refractivity contribution is 0.317. The third kappa shape index (κ3) is 3.10. The summed E-state index contributed by atoms with van der Waals surface area (Å²) in [6.45, 7) is 8.68. The van der Waals surface area contributed by atoms with Crippen molar-refractivity contribution in [1.82, 2.24) is 10.1 Å². The van der Waals surface area contributed by atoms with Gasteiger partial charge in [0.2, 0.25) is 0 Å². The van der Waals surface area contributed by atoms with E-state index in [9.17, 15) is 0 Å². The van der Waals surface area contributed by atoms with Gasteiger partial charge in [0.1, 0.15) is 5.76 Å². The van der Waals surface area contributed by atoms with Gasteiger partial charge in [-0.1, -0.05) is 12.1 Å². The van der Waals surface area contributed by atoms with Crippen LogP contribution in [0.1, 0.15) is 43.3 Å². The number of aromatic nitrogens is 2. The van der Waals surface area contributed by atoms with E-state index in [-0.39, 0.29) is 6.04 Å². The molecule has 0 bridgehead atoms. The lowest BCUT2D eigenvalue weighted by atomic mass is 10.1. The van der Waals surface area contributed by atoms with E-state index in [0.29, 0.717) is 6.61 Å². The molecule has 0 fully saturated rings. The Hall–Kier alpha value is -2.04. The number of hydrogen-bond acceptors (Lipinski definition) is 5. The minimum Gasteiger partial charge on any atom is -0.490 e. The zero-order valence-electron chi connectivity index (χ0n) is 12.4. The fourth-order valence-corrected chi connectivity index (χ4v) is 2.21. The molecule has 0 saturated heterocycles. The predicted molar refractivity (Wildman–Crippen MR) is 78.0 cm³/mol. The van der Waals surface area contributed by atoms with E-state index in [1.54, 1.807) is 6.20 Å². The average molecular weight is 275 g/mol. The number of anilines is 1. The Morgan fingerprint density at radius 1 is 1.40 bits per heavy atom. The number of pyridine rings is 1. The van der Waals surface area contributed by atoms with Gasteiger partial charge in [0.05, 0.1) is 18.3 Å². The predicted octanol–water partition coefficient (Wildman–Crippen LogP) is 3.65. The van der Waals surface area contributed by atoms with Crippen molar-refractivity contribution in [3.05, 3.63) is 35.3 Å². The molecule has 0 saturated carbocycles. The highest BCUT2D eigenvalue weighted by Crippen LogP contribution is 2.28. The zero-order chi connectivity index (χ0) is 14.5. The van der Waals surface area contributed by atoms with E-state index >= 15 is 0 Å². The van der Waals surface area contributed by atoms with Crippen LogP contribution in [0.5, 0.6) is 5.75 Å². The number of hydrogen-bond donors (Lipinski definition) is 1. The monoisotopic (exact) mass is 275 g/mol. The van der Waals surface area contributed by atoms with Crippen LogP contribution in [0.25, 0.3) is 0 Å². The second-order valence-electron chi connectivity index (χ2n) is 4.80. The van der Waals surface area contributed by atoms with Crippen LogP contribution in [0.4, 0.5) is 5.82 Å². The minimum absolute atomic E-state index is 0.0557. The summed E-state index contributed by atoms with van der Waals surface area (Å²) in [5.74, 6) is 2.34. The molecule has 0 amide bonds. The molecule has 0 aliphatic carbocycles. The lowest BCUT2D eigenvalue weighted by Gasteiger charge is -2.17. The van der Waals surface area contributed by atoms with E-state index in [1.165, 1.54) is 0 Å². The molecule has 5 heteroatoms. The van der Waals surface area contributed by atoms with Gasteiger partial charge in [-0.3, -0.25) is 0 Å². The number of ether oxygens (including phenoxy) is 1. The highest BCUT2D eigenvalue weighted by molar-refractivity contribution is 5.51. The van der Waals surface area contributed by atoms with Crippen LogP contribution in [-0.2, 0) is 0 Å². The van der Waals surface area contributed by atoms with Crippen molar-refractivity contribution in [2.75, 3.05) is 11.9 Å². The topological polar surface area (TPSA) is 60.2 Å². The van der Waals surface area contributed by atoms with Gasteiger partial charge in [0.25, 0.3) is 0 Å². The molecule has 108 valence electrons. The second kappa shape index (κ2) is 6.41. The first-order chi connectivity index (χ1) is 9.63. The maximum Gasteiger partial charge on any atom is 0.169 e. The summed E-state index contributed by atoms with van der Waals surface area (Å²) in [5, 5.41) is 7.35. The SMILES string of the molecule is CCCOc1cccnc1NC(C)c1c(C)noc1C. The maximum atomic E-state index is 5.70. The Bertz CT molecular complexity index is 546. The summed E-state index contributed by atoms with van der Waals surface area (Å²) in [5.41, 5.74) is 1.96. The van der Waals surface area contributed by atoms with E-state index < -0.39 is 0 Å². The largest absolute Gasteiger partial charge is 0.490 e. The van der Waals surface area contributed by atoms with Crippen LogP contribution in [-0.4, -0.2) is 16.7 Å². The molecule has 2 aromatic heterocycles. The van der Waals surface area contributed by atoms with Crippen LogP contribution in [0.2, 0.25) is 0 Å². The third-order valence-corrected chi connectivity index (χ3v) is 3.11. The molecule has 1 atom stereocenters. The Labute approximate surface area is 119 Å². The molecule has 1 N–H and O–H groups in total. The Kier molecular flexibility index (Phi) is 4.61. The van der Waals surface area contributed by atoms with Crippen molar-refractivity contribution in [2.45, 2.75) is 40.2 Å². The highest BCUT2D eigenvalue weighted by Gasteiger charge is 2.18. The number of nitrogens with one attached hydrogen (secondary N) is 1. The summed E-state index contributed by atoms with van der Waals surface area (Å²) in [7, 11) is 0. The first-order valence-corrected chi connectivity index (χ1v) is 6.90. The van der Waals surface area contributed by atoms with Gasteiger partial charge < -0.3 is 14.6 Å². The molecule has 20 heavy (non-hydrogen) atoms. The normalized spacial score (nSPS) is 12.2. The van der Waals surface area contributed by atoms with Crippen LogP contribution in [0.15, 0.2) is 22.9 Å². The minimum atomic E-state index is 0.0557. The number of aryl methyl sites for hydroxylation is 2. The molecule has 1 unspecified atom stereocenters. The molecule has 0 aliphatic rings. The number of rotatable bonds is 6. The number of nitrogens with zero attached hydrogens (tertiary/aromatic N) is 2. The van der Waals surface area contributed by atoms with Crippen LogP contribution < -0.4 is 10.1 Å². The fraction of sp³-hybridized carbons (Fsp3) is 0.467. The second-order valence-corrected chi connectivity index (χ2v) is 4.80. The van der Waals surface area contributed by atoms with Gasteiger partial charge in [-0.05, 0) is 39.3 Å². The summed E-state index contributed by atoms with van der Waals surface area (Å²) in [6.07, 6.45) is 2.72. The molecule has 0 radical (unpaired) electrons. The zero-order valence-corrected chi connectivity index (χ0v) is 12.4. The summed E-state index contributed by atoms with van der Waals surface area (Å²) >= 11 is 0. The quantitative estimate of drug-likeness (QED) is 0.872. The molecule has 0 aromatic carbocycles. The van der Waals surface area contributed by atoms with E-state index in [4.69, 9.17) is 9.26 Å². The molecule has 2 heterocycles. The Balaban J connectivity index is 2.17. The third-order valence-electron chi connectivity index (χ3n) is 3.11. The lowest BCUT2D eigenvalue weighted by Crippen LogP contribution is -2.11. The van der Waals surface area contributed by atoms with Gasteiger partial charge in [0.15, 0.2) is 11.6 Å². The van der Waals surface area contributed by atoms with Crippen LogP contribution >= 0.6 is 0 Å². The molecule has 2 aromatic rings. The van der Waals surface area contributed by atoms with E-state index in [2.05, 4.69) is 29.3 Å². The molecule has 0 spiro atoms. The summed E-state index contributed by atoms with van der Waals surface area (Å²) in [6, 6.07) is 3.85. The van der Waals surface area contributed by atoms with Crippen LogP contribution in [0.3, 0.4) is 0 Å². The average Bonchev–Trinajstić information content (AvgIpc) is 2.77. The van der Waals surface area contributed by atoms with Crippen molar-refractivity contribution >= 4 is 5.82 Å². The summed E-state index contributed by atoms with van der Waals surface area (Å²) < 4.78 is 10.9. The molecular weight excluding hydrogens is 254 g/mol. The molecule has 0 aliphatic heterocycles. The molecule has 5 nitrogen and oxygen atoms in total. The fourth-order valence-electron chi connectivity index (χ4n) is 2.21. The van der Waals surface area contributed by atoms with Crippen LogP contribution in [0, 0.1) is 13.8 Å². The van der Waals surface area contributed by atoms with Crippen molar-refractivity contribution < 1.29 is 9.26 Å². The van der Waals surface area contributed by atoms with Crippen molar-refractivity contribution in [3.8, 4) is 5.75 Å². The first-order valence-electron chi connectivity index (χ1n) is 6.90. The van der Waals surface area contributed by atoms with E-state index in [1.807, 2.05) is 26.0 Å². The molecular formula is C15H21N3O2. The van der Waals surface area contributed by atoms with Crippen molar-refractivity contribution in [2.24, 2.45) is 0 Å². The molecule has 2 rings (SSSR count). The van der Waals surface area contributed by atoms with E-state index in [0.717, 1.165) is 35.0 Å². The standard InChI is InChI=1S/C15H21N3O2/c1-5-9-19-13-7-6-8-16-15(13)17-10(2)14-11(3)18-20-12(14)4/h6-8,10H,5,9H2,1-4H3,(H,16,17). The Morgan fingerprint density at radius 3 is 2.85 bits per heavy atom. The maximum absolute atomic E-state index is 5.70. The Morgan fingerprint density at radius 2 is 2.20 bits per heavy atom. The van der Waals surface area contributed by atoms with Gasteiger partial charge >= 0.3 is 0 Å².